The Kier molecular flexibility index (Phi) is 5.45. The van der Waals surface area contributed by atoms with Crippen molar-refractivity contribution in [3.05, 3.63) is 0 Å². The van der Waals surface area contributed by atoms with Gasteiger partial charge >= 0.3 is 12.1 Å². The highest BCUT2D eigenvalue weighted by Gasteiger charge is 2.48. The van der Waals surface area contributed by atoms with E-state index in [0.29, 0.717) is 38.9 Å². The van der Waals surface area contributed by atoms with E-state index >= 15 is 0 Å². The van der Waals surface area contributed by atoms with Crippen molar-refractivity contribution in [1.82, 2.24) is 4.90 Å². The van der Waals surface area contributed by atoms with Crippen LogP contribution in [0, 0.1) is 5.92 Å². The van der Waals surface area contributed by atoms with Crippen molar-refractivity contribution in [2.45, 2.75) is 64.1 Å². The molecule has 2 fully saturated rings. The molecule has 6 heteroatoms. The quantitative estimate of drug-likeness (QED) is 0.782. The second kappa shape index (κ2) is 7.11. The monoisotopic (exact) mass is 299 g/mol. The van der Waals surface area contributed by atoms with Crippen LogP contribution in [0.4, 0.5) is 4.79 Å². The molecule has 0 spiro atoms. The van der Waals surface area contributed by atoms with Crippen LogP contribution in [0.2, 0.25) is 0 Å². The summed E-state index contributed by atoms with van der Waals surface area (Å²) in [6.07, 6.45) is 2.42. The summed E-state index contributed by atoms with van der Waals surface area (Å²) in [7, 11) is 0. The van der Waals surface area contributed by atoms with Gasteiger partial charge in [-0.2, -0.15) is 0 Å². The van der Waals surface area contributed by atoms with E-state index < -0.39 is 0 Å². The van der Waals surface area contributed by atoms with Gasteiger partial charge in [0, 0.05) is 18.5 Å². The number of carbonyl (C=O) groups is 2. The molecule has 2 bridgehead atoms. The molecular weight excluding hydrogens is 274 g/mol. The van der Waals surface area contributed by atoms with E-state index in [1.165, 1.54) is 0 Å². The van der Waals surface area contributed by atoms with E-state index in [4.69, 9.17) is 9.47 Å². The Morgan fingerprint density at radius 3 is 2.52 bits per heavy atom. The SMILES string of the molecule is CCOC(=O)CC[C@H]1C[C@H]2C[C@@H](O)C[C@@H]1N2C(=O)OCC. The highest BCUT2D eigenvalue weighted by Crippen LogP contribution is 2.42. The van der Waals surface area contributed by atoms with Crippen molar-refractivity contribution < 1.29 is 24.2 Å². The first kappa shape index (κ1) is 16.1. The number of aliphatic hydroxyl groups is 1. The lowest BCUT2D eigenvalue weighted by molar-refractivity contribution is -0.143. The Hall–Kier alpha value is -1.30. The van der Waals surface area contributed by atoms with E-state index in [-0.39, 0.29) is 36.2 Å². The molecule has 0 aromatic rings. The summed E-state index contributed by atoms with van der Waals surface area (Å²) in [5.74, 6) is 0.0446. The van der Waals surface area contributed by atoms with Gasteiger partial charge in [-0.1, -0.05) is 0 Å². The summed E-state index contributed by atoms with van der Waals surface area (Å²) in [6.45, 7) is 4.32. The first-order valence-corrected chi connectivity index (χ1v) is 7.85. The van der Waals surface area contributed by atoms with Crippen LogP contribution in [-0.4, -0.2) is 53.5 Å². The number of nitrogens with zero attached hydrogens (tertiary/aromatic N) is 1. The predicted molar refractivity (Wildman–Crippen MR) is 75.7 cm³/mol. The van der Waals surface area contributed by atoms with Crippen LogP contribution >= 0.6 is 0 Å². The van der Waals surface area contributed by atoms with Crippen molar-refractivity contribution in [1.29, 1.82) is 0 Å². The maximum atomic E-state index is 12.1. The Labute approximate surface area is 125 Å². The first-order chi connectivity index (χ1) is 10.1. The Balaban J connectivity index is 1.97. The molecule has 1 N–H and O–H groups in total. The summed E-state index contributed by atoms with van der Waals surface area (Å²) in [4.78, 5) is 25.4. The molecule has 0 aromatic heterocycles. The normalized spacial score (nSPS) is 31.1. The molecule has 0 radical (unpaired) electrons. The highest BCUT2D eigenvalue weighted by molar-refractivity contribution is 5.70. The van der Waals surface area contributed by atoms with Gasteiger partial charge in [0.25, 0.3) is 0 Å². The second-order valence-corrected chi connectivity index (χ2v) is 5.79. The maximum Gasteiger partial charge on any atom is 0.410 e. The molecule has 0 saturated carbocycles. The minimum absolute atomic E-state index is 0.0211. The van der Waals surface area contributed by atoms with Crippen LogP contribution in [0.3, 0.4) is 0 Å². The van der Waals surface area contributed by atoms with Gasteiger partial charge in [-0.3, -0.25) is 4.79 Å². The van der Waals surface area contributed by atoms with Crippen molar-refractivity contribution >= 4 is 12.1 Å². The molecule has 1 amide bonds. The number of carbonyl (C=O) groups excluding carboxylic acids is 2. The molecule has 21 heavy (non-hydrogen) atoms. The molecule has 2 saturated heterocycles. The summed E-state index contributed by atoms with van der Waals surface area (Å²) in [6, 6.07) is 0.0113. The van der Waals surface area contributed by atoms with E-state index in [1.54, 1.807) is 18.7 Å². The first-order valence-electron chi connectivity index (χ1n) is 7.85. The van der Waals surface area contributed by atoms with E-state index in [2.05, 4.69) is 0 Å². The van der Waals surface area contributed by atoms with Crippen LogP contribution in [0.5, 0.6) is 0 Å². The molecule has 0 aliphatic carbocycles. The third-order valence-corrected chi connectivity index (χ3v) is 4.43. The van der Waals surface area contributed by atoms with Gasteiger partial charge in [-0.05, 0) is 45.4 Å². The Bertz CT molecular complexity index is 386. The van der Waals surface area contributed by atoms with Crippen LogP contribution in [-0.2, 0) is 14.3 Å². The fourth-order valence-corrected chi connectivity index (χ4v) is 3.65. The number of amides is 1. The lowest BCUT2D eigenvalue weighted by Crippen LogP contribution is -2.49. The van der Waals surface area contributed by atoms with Gasteiger partial charge in [0.1, 0.15) is 0 Å². The van der Waals surface area contributed by atoms with Crippen molar-refractivity contribution in [2.24, 2.45) is 5.92 Å². The average Bonchev–Trinajstić information content (AvgIpc) is 2.65. The van der Waals surface area contributed by atoms with Crippen molar-refractivity contribution in [3.8, 4) is 0 Å². The van der Waals surface area contributed by atoms with Crippen LogP contribution in [0.15, 0.2) is 0 Å². The van der Waals surface area contributed by atoms with E-state index in [9.17, 15) is 14.7 Å². The molecule has 4 atom stereocenters. The zero-order valence-corrected chi connectivity index (χ0v) is 12.8. The molecule has 0 unspecified atom stereocenters. The molecule has 2 aliphatic rings. The number of rotatable bonds is 5. The molecule has 0 aromatic carbocycles. The minimum atomic E-state index is -0.363. The number of fused-ring (bicyclic) bond motifs is 2. The average molecular weight is 299 g/mol. The summed E-state index contributed by atoms with van der Waals surface area (Å²) in [5, 5.41) is 9.93. The molecule has 2 heterocycles. The smallest absolute Gasteiger partial charge is 0.410 e. The standard InChI is InChI=1S/C15H25NO5/c1-3-20-14(18)6-5-10-7-11-8-12(17)9-13(10)16(11)15(19)21-4-2/h10-13,17H,3-9H2,1-2H3/t10-,11-,12+,13-/m0/s1. The molecular formula is C15H25NO5. The molecule has 2 aliphatic heterocycles. The number of piperidine rings is 1. The van der Waals surface area contributed by atoms with E-state index in [1.807, 2.05) is 0 Å². The Morgan fingerprint density at radius 1 is 1.14 bits per heavy atom. The summed E-state index contributed by atoms with van der Waals surface area (Å²) < 4.78 is 10.1. The van der Waals surface area contributed by atoms with Gasteiger partial charge in [0.2, 0.25) is 0 Å². The van der Waals surface area contributed by atoms with Crippen LogP contribution < -0.4 is 0 Å². The fourth-order valence-electron chi connectivity index (χ4n) is 3.65. The molecule has 120 valence electrons. The number of hydrogen-bond donors (Lipinski definition) is 1. The lowest BCUT2D eigenvalue weighted by atomic mass is 9.92. The molecule has 6 nitrogen and oxygen atoms in total. The van der Waals surface area contributed by atoms with Crippen LogP contribution in [0.1, 0.15) is 46.0 Å². The number of hydrogen-bond acceptors (Lipinski definition) is 5. The predicted octanol–water partition coefficient (Wildman–Crippen LogP) is 1.70. The second-order valence-electron chi connectivity index (χ2n) is 5.79. The Morgan fingerprint density at radius 2 is 1.86 bits per heavy atom. The highest BCUT2D eigenvalue weighted by atomic mass is 16.6. The minimum Gasteiger partial charge on any atom is -0.466 e. The maximum absolute atomic E-state index is 12.1. The third kappa shape index (κ3) is 3.67. The zero-order valence-electron chi connectivity index (χ0n) is 12.8. The van der Waals surface area contributed by atoms with Gasteiger partial charge in [-0.15, -0.1) is 0 Å². The summed E-state index contributed by atoms with van der Waals surface area (Å²) in [5.41, 5.74) is 0. The van der Waals surface area contributed by atoms with Gasteiger partial charge in [0.15, 0.2) is 0 Å². The third-order valence-electron chi connectivity index (χ3n) is 4.43. The molecule has 2 rings (SSSR count). The topological polar surface area (TPSA) is 76.1 Å². The number of ether oxygens (including phenoxy) is 2. The fraction of sp³-hybridized carbons (Fsp3) is 0.867. The number of aliphatic hydroxyl groups excluding tert-OH is 1. The van der Waals surface area contributed by atoms with E-state index in [0.717, 1.165) is 6.42 Å². The van der Waals surface area contributed by atoms with Crippen molar-refractivity contribution in [3.63, 3.8) is 0 Å². The van der Waals surface area contributed by atoms with Gasteiger partial charge in [0.05, 0.1) is 19.3 Å². The number of esters is 1. The zero-order chi connectivity index (χ0) is 15.4. The summed E-state index contributed by atoms with van der Waals surface area (Å²) >= 11 is 0. The van der Waals surface area contributed by atoms with Gasteiger partial charge in [-0.25, -0.2) is 4.79 Å². The lowest BCUT2D eigenvalue weighted by Gasteiger charge is -2.37. The van der Waals surface area contributed by atoms with Crippen LogP contribution in [0.25, 0.3) is 0 Å². The largest absolute Gasteiger partial charge is 0.466 e. The van der Waals surface area contributed by atoms with Gasteiger partial charge < -0.3 is 19.5 Å². The van der Waals surface area contributed by atoms with Crippen molar-refractivity contribution in [2.75, 3.05) is 13.2 Å².